The number of hydrogen-bond donors (Lipinski definition) is 3. The molecule has 0 unspecified atom stereocenters. The first-order valence-corrected chi connectivity index (χ1v) is 38.0. The fraction of sp³-hybridized carbons (Fsp3) is 0.132. The van der Waals surface area contributed by atoms with Crippen molar-refractivity contribution in [1.29, 1.82) is 0 Å². The van der Waals surface area contributed by atoms with Crippen LogP contribution in [0.25, 0.3) is 78.0 Å². The molecule has 0 amide bonds. The number of phenols is 2. The zero-order chi connectivity index (χ0) is 79.0. The van der Waals surface area contributed by atoms with Crippen molar-refractivity contribution in [3.8, 4) is 68.9 Å². The van der Waals surface area contributed by atoms with Gasteiger partial charge < -0.3 is 24.4 Å². The molecule has 0 aliphatic heterocycles. The van der Waals surface area contributed by atoms with E-state index in [1.54, 1.807) is 50.6 Å². The number of fused-ring (bicyclic) bond motifs is 6. The van der Waals surface area contributed by atoms with Gasteiger partial charge in [0.05, 0.1) is 87.5 Å². The van der Waals surface area contributed by atoms with E-state index in [0.29, 0.717) is 0 Å². The van der Waals surface area contributed by atoms with Crippen molar-refractivity contribution in [3.63, 3.8) is 0 Å². The van der Waals surface area contributed by atoms with E-state index in [4.69, 9.17) is 14.2 Å². The standard InChI is InChI=1S/C28H22N4O.C17H11BrN2.C12H14N2O.2C11H12N2O.C7H7IO.C5H8N2/c1-19-16-20(2)32(30-19)21-8-7-9-22(17-21)33-23-13-14-25-24-10-3-4-11-26(24)31(27(25)18-23)28-12-5-6-15-29-28;18-12-8-9-14-13-5-1-2-6-15(13)20(16(14)11-12)17-7-3-4-10-19-17;1-9-7-10(2)14(13-9)11-5-4-6-12(8-11)15-3;2*1-8-6-9(2)13(12-8)10-4-3-5-11(14)7-10;1-9-7-4-2-3-6(8)5-7;1-4-3-5(2)7-6-4/h3-18H,1-2H3;1-11H;4-8H,1-3H3;2*3-7,14H,1-2H3;2-5H,1H3;3H,1-2H3,(H,6,7). The number of nitrogens with one attached hydrogen (secondary N) is 1. The molecule has 564 valence electrons. The number of aromatic amines is 1. The van der Waals surface area contributed by atoms with Gasteiger partial charge in [0.15, 0.2) is 0 Å². The lowest BCUT2D eigenvalue weighted by molar-refractivity contribution is 0.414. The van der Waals surface area contributed by atoms with Gasteiger partial charge in [0.1, 0.15) is 46.1 Å². The first-order valence-electron chi connectivity index (χ1n) is 36.1. The first-order chi connectivity index (χ1) is 54.2. The number of rotatable bonds is 10. The molecule has 0 bridgehead atoms. The van der Waals surface area contributed by atoms with Crippen LogP contribution in [0.3, 0.4) is 0 Å². The molecule has 0 atom stereocenters. The number of phenolic OH excluding ortho intramolecular Hbond substituents is 2. The monoisotopic (exact) mass is 1660 g/mol. The smallest absolute Gasteiger partial charge is 0.137 e. The van der Waals surface area contributed by atoms with Crippen molar-refractivity contribution in [2.75, 3.05) is 14.2 Å². The Morgan fingerprint density at radius 3 is 1.11 bits per heavy atom. The van der Waals surface area contributed by atoms with Crippen LogP contribution in [0.5, 0.6) is 34.5 Å². The van der Waals surface area contributed by atoms with E-state index in [9.17, 15) is 10.2 Å². The lowest BCUT2D eigenvalue weighted by Gasteiger charge is -2.10. The Morgan fingerprint density at radius 1 is 0.339 bits per heavy atom. The van der Waals surface area contributed by atoms with Crippen molar-refractivity contribution >= 4 is 82.1 Å². The van der Waals surface area contributed by atoms with E-state index < -0.39 is 0 Å². The molecular weight excluding hydrogens is 1580 g/mol. The van der Waals surface area contributed by atoms with Gasteiger partial charge in [-0.2, -0.15) is 25.5 Å². The minimum Gasteiger partial charge on any atom is -0.508 e. The molecular formula is C91H86BrIN14O5. The number of aromatic hydroxyl groups is 2. The average molecular weight is 1660 g/mol. The van der Waals surface area contributed by atoms with Gasteiger partial charge in [-0.05, 0) is 250 Å². The Kier molecular flexibility index (Phi) is 25.7. The number of aryl methyl sites for hydroxylation is 10. The van der Waals surface area contributed by atoms with Crippen molar-refractivity contribution in [2.24, 2.45) is 0 Å². The normalized spacial score (nSPS) is 10.7. The van der Waals surface area contributed by atoms with Crippen LogP contribution in [0, 0.1) is 72.8 Å². The van der Waals surface area contributed by atoms with E-state index in [2.05, 4.69) is 186 Å². The van der Waals surface area contributed by atoms with Gasteiger partial charge in [-0.3, -0.25) is 14.2 Å². The third kappa shape index (κ3) is 19.6. The molecule has 9 heterocycles. The molecule has 0 saturated carbocycles. The highest BCUT2D eigenvalue weighted by Crippen LogP contribution is 2.37. The summed E-state index contributed by atoms with van der Waals surface area (Å²) in [7, 11) is 3.34. The van der Waals surface area contributed by atoms with Crippen LogP contribution in [0.1, 0.15) is 56.9 Å². The van der Waals surface area contributed by atoms with Crippen LogP contribution < -0.4 is 14.2 Å². The molecule has 21 heteroatoms. The molecule has 0 radical (unpaired) electrons. The quantitative estimate of drug-likeness (QED) is 0.109. The summed E-state index contributed by atoms with van der Waals surface area (Å²) < 4.78 is 30.6. The Bertz CT molecular complexity index is 6090. The Labute approximate surface area is 672 Å². The lowest BCUT2D eigenvalue weighted by atomic mass is 10.1. The Hall–Kier alpha value is -12.9. The maximum Gasteiger partial charge on any atom is 0.137 e. The summed E-state index contributed by atoms with van der Waals surface area (Å²) in [6.45, 7) is 19.9. The number of H-pyrrole nitrogens is 1. The van der Waals surface area contributed by atoms with Crippen LogP contribution in [0.4, 0.5) is 0 Å². The molecule has 0 aliphatic rings. The maximum absolute atomic E-state index is 9.33. The van der Waals surface area contributed by atoms with E-state index >= 15 is 0 Å². The van der Waals surface area contributed by atoms with Crippen LogP contribution in [0.15, 0.2) is 290 Å². The predicted molar refractivity (Wildman–Crippen MR) is 461 cm³/mol. The minimum atomic E-state index is 0.259. The molecule has 112 heavy (non-hydrogen) atoms. The Morgan fingerprint density at radius 2 is 0.723 bits per heavy atom. The molecule has 9 aromatic carbocycles. The molecule has 18 aromatic rings. The highest BCUT2D eigenvalue weighted by molar-refractivity contribution is 14.1. The molecule has 19 nitrogen and oxygen atoms in total. The number of methoxy groups -OCH3 is 2. The highest BCUT2D eigenvalue weighted by atomic mass is 127. The van der Waals surface area contributed by atoms with Crippen LogP contribution >= 0.6 is 38.5 Å². The van der Waals surface area contributed by atoms with Gasteiger partial charge in [0.2, 0.25) is 0 Å². The molecule has 3 N–H and O–H groups in total. The number of nitrogens with zero attached hydrogens (tertiary/aromatic N) is 13. The Balaban J connectivity index is 0.000000128. The summed E-state index contributed by atoms with van der Waals surface area (Å²) >= 11 is 5.81. The van der Waals surface area contributed by atoms with E-state index in [0.717, 1.165) is 130 Å². The number of pyridine rings is 2. The number of hydrogen-bond acceptors (Lipinski definition) is 12. The van der Waals surface area contributed by atoms with Gasteiger partial charge in [0.25, 0.3) is 0 Å². The topological polar surface area (TPSA) is 204 Å². The largest absolute Gasteiger partial charge is 0.508 e. The van der Waals surface area contributed by atoms with Crippen LogP contribution in [-0.4, -0.2) is 92.9 Å². The van der Waals surface area contributed by atoms with E-state index in [1.807, 2.05) is 239 Å². The van der Waals surface area contributed by atoms with Crippen molar-refractivity contribution < 1.29 is 24.4 Å². The molecule has 0 spiro atoms. The minimum absolute atomic E-state index is 0.259. The second kappa shape index (κ2) is 36.6. The summed E-state index contributed by atoms with van der Waals surface area (Å²) in [6, 6.07) is 89.5. The number of para-hydroxylation sites is 2. The van der Waals surface area contributed by atoms with E-state index in [-0.39, 0.29) is 11.5 Å². The number of halogens is 2. The SMILES string of the molecule is Brc1ccc2c3ccccc3n(-c3ccccn3)c2c1.COc1cccc(-n2nc(C)cc2C)c1.COc1cccc(I)c1.Cc1cc(C)[nH]n1.Cc1cc(C)n(-c2cccc(O)c2)n1.Cc1cc(C)n(-c2cccc(O)c2)n1.Cc1cc(C)n(-c2cccc(Oc3ccc4c5ccccc5n(-c5ccccn5)c4c3)c2)n1. The second-order valence-corrected chi connectivity index (χ2v) is 28.6. The van der Waals surface area contributed by atoms with Crippen LogP contribution in [-0.2, 0) is 0 Å². The summed E-state index contributed by atoms with van der Waals surface area (Å²) in [5.74, 6) is 5.64. The van der Waals surface area contributed by atoms with Crippen LogP contribution in [0.2, 0.25) is 0 Å². The zero-order valence-corrected chi connectivity index (χ0v) is 68.1. The zero-order valence-electron chi connectivity index (χ0n) is 64.3. The van der Waals surface area contributed by atoms with Crippen molar-refractivity contribution in [3.05, 3.63) is 350 Å². The average Bonchev–Trinajstić information content (AvgIpc) is 1.59. The number of aromatic nitrogens is 14. The van der Waals surface area contributed by atoms with Gasteiger partial charge in [-0.25, -0.2) is 28.7 Å². The molecule has 9 aromatic heterocycles. The van der Waals surface area contributed by atoms with Gasteiger partial charge in [0, 0.05) is 101 Å². The molecule has 0 fully saturated rings. The molecule has 0 aliphatic carbocycles. The van der Waals surface area contributed by atoms with Gasteiger partial charge in [-0.1, -0.05) is 101 Å². The van der Waals surface area contributed by atoms with Gasteiger partial charge >= 0.3 is 0 Å². The van der Waals surface area contributed by atoms with E-state index in [1.165, 1.54) is 36.1 Å². The highest BCUT2D eigenvalue weighted by Gasteiger charge is 2.17. The molecule has 0 saturated heterocycles. The third-order valence-corrected chi connectivity index (χ3v) is 18.9. The first kappa shape index (κ1) is 78.7. The third-order valence-electron chi connectivity index (χ3n) is 17.7. The number of benzene rings is 9. The fourth-order valence-corrected chi connectivity index (χ4v) is 13.8. The summed E-state index contributed by atoms with van der Waals surface area (Å²) in [6.07, 6.45) is 3.65. The number of ether oxygens (including phenoxy) is 3. The fourth-order valence-electron chi connectivity index (χ4n) is 12.9. The van der Waals surface area contributed by atoms with Crippen molar-refractivity contribution in [2.45, 2.75) is 69.2 Å². The predicted octanol–water partition coefficient (Wildman–Crippen LogP) is 21.9. The summed E-state index contributed by atoms with van der Waals surface area (Å²) in [4.78, 5) is 9.10. The summed E-state index contributed by atoms with van der Waals surface area (Å²) in [5.41, 5.74) is 18.8. The molecule has 18 rings (SSSR count). The second-order valence-electron chi connectivity index (χ2n) is 26.5. The van der Waals surface area contributed by atoms with Gasteiger partial charge in [-0.15, -0.1) is 0 Å². The lowest BCUT2D eigenvalue weighted by Crippen LogP contribution is -1.99. The van der Waals surface area contributed by atoms with Crippen molar-refractivity contribution in [1.82, 2.24) is 68.4 Å². The summed E-state index contributed by atoms with van der Waals surface area (Å²) in [5, 5.41) is 47.9. The maximum atomic E-state index is 9.33.